The number of fused-ring (bicyclic) bond motifs is 3. The molecule has 4 aliphatic rings. The summed E-state index contributed by atoms with van der Waals surface area (Å²) in [6.07, 6.45) is 3.85. The van der Waals surface area contributed by atoms with E-state index in [1.165, 1.54) is 11.3 Å². The van der Waals surface area contributed by atoms with E-state index < -0.39 is 41.2 Å². The van der Waals surface area contributed by atoms with E-state index in [9.17, 15) is 19.8 Å². The van der Waals surface area contributed by atoms with Crippen molar-refractivity contribution < 1.29 is 43.5 Å². The molecule has 1 fully saturated rings. The number of hydrogen-bond acceptors (Lipinski definition) is 11. The summed E-state index contributed by atoms with van der Waals surface area (Å²) in [4.78, 5) is 30.3. The van der Waals surface area contributed by atoms with Crippen molar-refractivity contribution in [3.05, 3.63) is 57.5 Å². The van der Waals surface area contributed by atoms with Gasteiger partial charge >= 0.3 is 11.9 Å². The van der Waals surface area contributed by atoms with E-state index in [4.69, 9.17) is 23.7 Å². The Labute approximate surface area is 261 Å². The minimum Gasteiger partial charge on any atom is -0.497 e. The predicted molar refractivity (Wildman–Crippen MR) is 161 cm³/mol. The fourth-order valence-corrected chi connectivity index (χ4v) is 7.85. The topological polar surface area (TPSA) is 124 Å². The highest BCUT2D eigenvalue weighted by atomic mass is 32.1. The summed E-state index contributed by atoms with van der Waals surface area (Å²) in [6.45, 7) is 5.26. The Kier molecular flexibility index (Phi) is 8.42. The molecule has 0 radical (unpaired) electrons. The predicted octanol–water partition coefficient (Wildman–Crippen LogP) is 4.21. The summed E-state index contributed by atoms with van der Waals surface area (Å²) in [5, 5.41) is 24.0. The molecule has 4 heterocycles. The number of carbonyl (C=O) groups excluding carboxylic acids is 2. The summed E-state index contributed by atoms with van der Waals surface area (Å²) in [5.74, 6) is -0.0722. The molecule has 0 saturated carbocycles. The zero-order chi connectivity index (χ0) is 31.1. The first-order valence-corrected chi connectivity index (χ1v) is 16.2. The molecular formula is C33H41NO9S. The first-order chi connectivity index (χ1) is 21.0. The van der Waals surface area contributed by atoms with Gasteiger partial charge in [0, 0.05) is 11.4 Å². The van der Waals surface area contributed by atoms with Crippen LogP contribution in [-0.2, 0) is 36.8 Å². The molecule has 6 rings (SSSR count). The van der Waals surface area contributed by atoms with Gasteiger partial charge in [-0.3, -0.25) is 9.69 Å². The monoisotopic (exact) mass is 627 g/mol. The quantitative estimate of drug-likeness (QED) is 0.350. The summed E-state index contributed by atoms with van der Waals surface area (Å²) >= 11 is 1.45. The van der Waals surface area contributed by atoms with Gasteiger partial charge in [-0.1, -0.05) is 6.07 Å². The van der Waals surface area contributed by atoms with Crippen molar-refractivity contribution in [2.75, 3.05) is 27.0 Å². The summed E-state index contributed by atoms with van der Waals surface area (Å²) in [7, 11) is 1.56. The number of carbonyl (C=O) groups is 2. The van der Waals surface area contributed by atoms with Gasteiger partial charge in [0.2, 0.25) is 6.79 Å². The molecule has 1 aromatic heterocycles. The number of ether oxygens (including phenoxy) is 5. The third kappa shape index (κ3) is 5.94. The molecule has 1 aliphatic carbocycles. The minimum absolute atomic E-state index is 0.0534. The molecule has 1 aromatic carbocycles. The molecule has 1 unspecified atom stereocenters. The first kappa shape index (κ1) is 30.9. The minimum atomic E-state index is -2.16. The third-order valence-electron chi connectivity index (χ3n) is 9.35. The second-order valence-corrected chi connectivity index (χ2v) is 13.9. The second kappa shape index (κ2) is 12.0. The standard InChI is InChI=1S/C33H41NO9S/c1-31(2,37)9-5-11-33(38,18-27(35)40-19-22-7-4-14-44-22)30(36)43-29-26(39-3)17-32-10-6-12-34(32)13-8-21-15-24-25(42-20-41-24)16-23(21)28(29)32/h4,7,14-17,28-29,37-38H,5-6,8-13,18-20H2,1-3H3/t28-,29?,32-,33-/m1/s1. The van der Waals surface area contributed by atoms with E-state index in [-0.39, 0.29) is 25.7 Å². The zero-order valence-electron chi connectivity index (χ0n) is 25.5. The van der Waals surface area contributed by atoms with Gasteiger partial charge in [-0.2, -0.15) is 0 Å². The SMILES string of the molecule is COC1=C[C@@]23CCCN2CCc2cc4c(cc2[C@@H]3C1OC(=O)[C@@](O)(CCCC(C)(C)O)CC(=O)OCc1cccs1)OCO4. The van der Waals surface area contributed by atoms with E-state index in [0.717, 1.165) is 48.4 Å². The molecule has 238 valence electrons. The van der Waals surface area contributed by atoms with Crippen LogP contribution in [-0.4, -0.2) is 76.9 Å². The van der Waals surface area contributed by atoms with Gasteiger partial charge in [0.25, 0.3) is 0 Å². The number of thiophene rings is 1. The third-order valence-corrected chi connectivity index (χ3v) is 10.2. The highest BCUT2D eigenvalue weighted by Gasteiger charge is 2.59. The Bertz CT molecular complexity index is 1420. The maximum Gasteiger partial charge on any atom is 0.339 e. The van der Waals surface area contributed by atoms with Gasteiger partial charge in [0.15, 0.2) is 23.2 Å². The van der Waals surface area contributed by atoms with Crippen LogP contribution in [0.2, 0.25) is 0 Å². The summed E-state index contributed by atoms with van der Waals surface area (Å²) in [6, 6.07) is 7.72. The number of benzene rings is 1. The lowest BCUT2D eigenvalue weighted by atomic mass is 9.77. The van der Waals surface area contributed by atoms with E-state index >= 15 is 0 Å². The molecule has 0 bridgehead atoms. The maximum absolute atomic E-state index is 14.1. The molecule has 1 saturated heterocycles. The van der Waals surface area contributed by atoms with E-state index in [1.807, 2.05) is 29.6 Å². The van der Waals surface area contributed by atoms with Crippen LogP contribution in [0, 0.1) is 0 Å². The van der Waals surface area contributed by atoms with Gasteiger partial charge < -0.3 is 33.9 Å². The van der Waals surface area contributed by atoms with Crippen LogP contribution < -0.4 is 9.47 Å². The molecule has 0 amide bonds. The normalized spacial score (nSPS) is 25.2. The Morgan fingerprint density at radius 2 is 1.95 bits per heavy atom. The van der Waals surface area contributed by atoms with Gasteiger partial charge in [-0.05, 0) is 99.7 Å². The van der Waals surface area contributed by atoms with Crippen LogP contribution in [0.3, 0.4) is 0 Å². The van der Waals surface area contributed by atoms with Crippen molar-refractivity contribution in [3.63, 3.8) is 0 Å². The number of aliphatic hydroxyl groups is 2. The smallest absolute Gasteiger partial charge is 0.339 e. The number of methoxy groups -OCH3 is 1. The second-order valence-electron chi connectivity index (χ2n) is 12.9. The van der Waals surface area contributed by atoms with E-state index in [1.54, 1.807) is 21.0 Å². The summed E-state index contributed by atoms with van der Waals surface area (Å²) in [5.41, 5.74) is -1.51. The number of nitrogens with zero attached hydrogens (tertiary/aromatic N) is 1. The lowest BCUT2D eigenvalue weighted by molar-refractivity contribution is -0.179. The zero-order valence-corrected chi connectivity index (χ0v) is 26.3. The molecule has 3 aliphatic heterocycles. The fourth-order valence-electron chi connectivity index (χ4n) is 7.23. The Morgan fingerprint density at radius 1 is 1.16 bits per heavy atom. The highest BCUT2D eigenvalue weighted by molar-refractivity contribution is 7.09. The molecular weight excluding hydrogens is 586 g/mol. The lowest BCUT2D eigenvalue weighted by Crippen LogP contribution is -2.49. The lowest BCUT2D eigenvalue weighted by Gasteiger charge is -2.39. The summed E-state index contributed by atoms with van der Waals surface area (Å²) < 4.78 is 29.0. The van der Waals surface area contributed by atoms with Crippen LogP contribution in [0.4, 0.5) is 0 Å². The van der Waals surface area contributed by atoms with Crippen molar-refractivity contribution in [1.29, 1.82) is 0 Å². The average Bonchev–Trinajstić information content (AvgIpc) is 3.77. The Morgan fingerprint density at radius 3 is 2.68 bits per heavy atom. The number of esters is 2. The molecule has 44 heavy (non-hydrogen) atoms. The van der Waals surface area contributed by atoms with Gasteiger partial charge in [0.1, 0.15) is 12.4 Å². The van der Waals surface area contributed by atoms with E-state index in [0.29, 0.717) is 30.1 Å². The Hall–Kier alpha value is -3.12. The van der Waals surface area contributed by atoms with Gasteiger partial charge in [-0.15, -0.1) is 11.3 Å². The number of hydrogen-bond donors (Lipinski definition) is 2. The van der Waals surface area contributed by atoms with Crippen molar-refractivity contribution in [1.82, 2.24) is 4.90 Å². The van der Waals surface area contributed by atoms with Crippen molar-refractivity contribution in [2.45, 2.75) is 94.2 Å². The molecule has 4 atom stereocenters. The van der Waals surface area contributed by atoms with E-state index in [2.05, 4.69) is 11.0 Å². The van der Waals surface area contributed by atoms with Crippen molar-refractivity contribution in [2.24, 2.45) is 0 Å². The molecule has 11 heteroatoms. The molecule has 1 spiro atoms. The number of rotatable bonds is 11. The van der Waals surface area contributed by atoms with Gasteiger partial charge in [0.05, 0.1) is 30.6 Å². The largest absolute Gasteiger partial charge is 0.497 e. The van der Waals surface area contributed by atoms with Crippen molar-refractivity contribution >= 4 is 23.3 Å². The molecule has 2 N–H and O–H groups in total. The Balaban J connectivity index is 1.30. The maximum atomic E-state index is 14.1. The van der Waals surface area contributed by atoms with Crippen LogP contribution in [0.15, 0.2) is 41.5 Å². The highest BCUT2D eigenvalue weighted by Crippen LogP contribution is 2.55. The first-order valence-electron chi connectivity index (χ1n) is 15.3. The van der Waals surface area contributed by atoms with Crippen LogP contribution >= 0.6 is 11.3 Å². The molecule has 10 nitrogen and oxygen atoms in total. The average molecular weight is 628 g/mol. The molecule has 2 aromatic rings. The van der Waals surface area contributed by atoms with Crippen LogP contribution in [0.5, 0.6) is 11.5 Å². The fraction of sp³-hybridized carbons (Fsp3) is 0.576. The van der Waals surface area contributed by atoms with Crippen molar-refractivity contribution in [3.8, 4) is 11.5 Å². The van der Waals surface area contributed by atoms with Crippen LogP contribution in [0.1, 0.15) is 74.3 Å². The van der Waals surface area contributed by atoms with Crippen LogP contribution in [0.25, 0.3) is 0 Å². The van der Waals surface area contributed by atoms with Gasteiger partial charge in [-0.25, -0.2) is 4.79 Å².